The highest BCUT2D eigenvalue weighted by molar-refractivity contribution is 7.91. The molecule has 0 bridgehead atoms. The van der Waals surface area contributed by atoms with Crippen LogP contribution in [0.5, 0.6) is 17.2 Å². The van der Waals surface area contributed by atoms with Crippen LogP contribution in [0.1, 0.15) is 5.56 Å². The van der Waals surface area contributed by atoms with Crippen LogP contribution in [0, 0.1) is 0 Å². The Labute approximate surface area is 227 Å². The number of nitrogens with zero attached hydrogens (tertiary/aromatic N) is 3. The van der Waals surface area contributed by atoms with Gasteiger partial charge in [-0.2, -0.15) is 4.98 Å². The molecular formula is C29H29N3O6S. The van der Waals surface area contributed by atoms with Crippen LogP contribution in [0.3, 0.4) is 0 Å². The average Bonchev–Trinajstić information content (AvgIpc) is 3.44. The van der Waals surface area contributed by atoms with Crippen molar-refractivity contribution in [3.63, 3.8) is 0 Å². The zero-order valence-electron chi connectivity index (χ0n) is 21.6. The fourth-order valence-electron chi connectivity index (χ4n) is 4.86. The zero-order chi connectivity index (χ0) is 26.8. The van der Waals surface area contributed by atoms with Crippen LogP contribution in [-0.4, -0.2) is 64.8 Å². The first kappa shape index (κ1) is 25.3. The Kier molecular flexibility index (Phi) is 6.88. The predicted molar refractivity (Wildman–Crippen MR) is 145 cm³/mol. The van der Waals surface area contributed by atoms with Gasteiger partial charge in [0.15, 0.2) is 11.5 Å². The quantitative estimate of drug-likeness (QED) is 0.336. The monoisotopic (exact) mass is 547 g/mol. The number of para-hydroxylation sites is 1. The number of fused-ring (bicyclic) bond motifs is 1. The number of rotatable bonds is 7. The summed E-state index contributed by atoms with van der Waals surface area (Å²) in [5.41, 5.74) is 1.82. The molecule has 1 aromatic heterocycles. The van der Waals surface area contributed by atoms with E-state index in [-0.39, 0.29) is 21.7 Å². The lowest BCUT2D eigenvalue weighted by molar-refractivity contribution is 0.171. The second-order valence-electron chi connectivity index (χ2n) is 9.39. The van der Waals surface area contributed by atoms with Gasteiger partial charge in [-0.25, -0.2) is 8.42 Å². The van der Waals surface area contributed by atoms with E-state index in [0.717, 1.165) is 19.6 Å². The molecule has 3 aromatic carbocycles. The smallest absolute Gasteiger partial charge is 0.236 e. The molecule has 9 nitrogen and oxygen atoms in total. The van der Waals surface area contributed by atoms with E-state index in [0.29, 0.717) is 49.1 Å². The highest BCUT2D eigenvalue weighted by Gasteiger charge is 2.34. The minimum Gasteiger partial charge on any atom is -0.496 e. The van der Waals surface area contributed by atoms with Gasteiger partial charge in [0.1, 0.15) is 19.0 Å². The van der Waals surface area contributed by atoms with E-state index in [9.17, 15) is 8.42 Å². The van der Waals surface area contributed by atoms with Gasteiger partial charge in [0.2, 0.25) is 26.6 Å². The number of sulfone groups is 1. The Bertz CT molecular complexity index is 1560. The van der Waals surface area contributed by atoms with Crippen LogP contribution in [0.2, 0.25) is 0 Å². The molecule has 0 amide bonds. The van der Waals surface area contributed by atoms with Gasteiger partial charge in [-0.3, -0.25) is 4.90 Å². The summed E-state index contributed by atoms with van der Waals surface area (Å²) >= 11 is 0. The third-order valence-electron chi connectivity index (χ3n) is 6.90. The summed E-state index contributed by atoms with van der Waals surface area (Å²) in [6.45, 7) is 4.31. The van der Waals surface area contributed by atoms with Gasteiger partial charge in [0.05, 0.1) is 17.6 Å². The fraction of sp³-hybridized carbons (Fsp3) is 0.276. The zero-order valence-corrected chi connectivity index (χ0v) is 22.4. The number of anilines is 1. The van der Waals surface area contributed by atoms with E-state index in [1.165, 1.54) is 17.7 Å². The van der Waals surface area contributed by atoms with Crippen LogP contribution in [0.15, 0.2) is 87.1 Å². The van der Waals surface area contributed by atoms with Crippen LogP contribution in [-0.2, 0) is 16.4 Å². The molecule has 2 aliphatic heterocycles. The number of methoxy groups -OCH3 is 1. The molecule has 202 valence electrons. The fourth-order valence-corrected chi connectivity index (χ4v) is 6.20. The van der Waals surface area contributed by atoms with Crippen molar-refractivity contribution in [1.82, 2.24) is 9.88 Å². The maximum Gasteiger partial charge on any atom is 0.236 e. The number of hydrogen-bond acceptors (Lipinski definition) is 9. The molecule has 1 saturated heterocycles. The molecule has 0 radical (unpaired) electrons. The summed E-state index contributed by atoms with van der Waals surface area (Å²) in [6.07, 6.45) is 0. The number of benzene rings is 3. The van der Waals surface area contributed by atoms with Crippen molar-refractivity contribution in [2.75, 3.05) is 51.4 Å². The topological polar surface area (TPSA) is 94.3 Å². The predicted octanol–water partition coefficient (Wildman–Crippen LogP) is 4.28. The first-order chi connectivity index (χ1) is 19.0. The number of ether oxygens (including phenoxy) is 3. The first-order valence-corrected chi connectivity index (χ1v) is 14.3. The molecule has 10 heteroatoms. The highest BCUT2D eigenvalue weighted by Crippen LogP contribution is 2.40. The van der Waals surface area contributed by atoms with Gasteiger partial charge in [-0.15, -0.1) is 0 Å². The summed E-state index contributed by atoms with van der Waals surface area (Å²) in [6, 6.07) is 22.2. The second-order valence-corrected chi connectivity index (χ2v) is 11.3. The summed E-state index contributed by atoms with van der Waals surface area (Å²) in [7, 11) is -2.50. The van der Waals surface area contributed by atoms with E-state index in [1.807, 2.05) is 35.2 Å². The Morgan fingerprint density at radius 2 is 1.59 bits per heavy atom. The molecule has 3 heterocycles. The Morgan fingerprint density at radius 3 is 2.36 bits per heavy atom. The molecule has 1 fully saturated rings. The summed E-state index contributed by atoms with van der Waals surface area (Å²) < 4.78 is 51.0. The third-order valence-corrected chi connectivity index (χ3v) is 8.55. The molecular weight excluding hydrogens is 518 g/mol. The first-order valence-electron chi connectivity index (χ1n) is 12.8. The van der Waals surface area contributed by atoms with Crippen molar-refractivity contribution in [3.8, 4) is 28.7 Å². The van der Waals surface area contributed by atoms with Gasteiger partial charge in [0, 0.05) is 38.8 Å². The Hall–Kier alpha value is -4.02. The molecule has 0 unspecified atom stereocenters. The summed E-state index contributed by atoms with van der Waals surface area (Å²) in [4.78, 5) is 8.92. The SMILES string of the molecule is COc1ccccc1-c1nc(S(=O)(=O)c2ccc3c(c2)OCCO3)c(N2CCN(Cc3ccccc3)CC2)o1. The van der Waals surface area contributed by atoms with Crippen molar-refractivity contribution >= 4 is 15.7 Å². The largest absolute Gasteiger partial charge is 0.496 e. The lowest BCUT2D eigenvalue weighted by Crippen LogP contribution is -2.46. The van der Waals surface area contributed by atoms with Crippen molar-refractivity contribution in [1.29, 1.82) is 0 Å². The van der Waals surface area contributed by atoms with Crippen LogP contribution in [0.25, 0.3) is 11.5 Å². The summed E-state index contributed by atoms with van der Waals surface area (Å²) in [5.74, 6) is 1.87. The molecule has 2 aliphatic rings. The van der Waals surface area contributed by atoms with Gasteiger partial charge >= 0.3 is 0 Å². The van der Waals surface area contributed by atoms with Crippen molar-refractivity contribution in [3.05, 3.63) is 78.4 Å². The molecule has 0 aliphatic carbocycles. The Morgan fingerprint density at radius 1 is 0.872 bits per heavy atom. The van der Waals surface area contributed by atoms with Crippen LogP contribution < -0.4 is 19.1 Å². The van der Waals surface area contributed by atoms with Crippen molar-refractivity contribution < 1.29 is 27.0 Å². The van der Waals surface area contributed by atoms with Crippen molar-refractivity contribution in [2.45, 2.75) is 16.5 Å². The summed E-state index contributed by atoms with van der Waals surface area (Å²) in [5, 5.41) is -0.128. The maximum absolute atomic E-state index is 14.0. The minimum absolute atomic E-state index is 0.0654. The van der Waals surface area contributed by atoms with Crippen LogP contribution >= 0.6 is 0 Å². The lowest BCUT2D eigenvalue weighted by Gasteiger charge is -2.34. The molecule has 0 atom stereocenters. The number of aromatic nitrogens is 1. The highest BCUT2D eigenvalue weighted by atomic mass is 32.2. The van der Waals surface area contributed by atoms with E-state index in [1.54, 1.807) is 25.3 Å². The van der Waals surface area contributed by atoms with Gasteiger partial charge in [-0.1, -0.05) is 42.5 Å². The standard InChI is InChI=1S/C29H29N3O6S/c1-35-24-10-6-5-9-23(24)27-30-28(39(33,34)22-11-12-25-26(19-22)37-18-17-36-25)29(38-27)32-15-13-31(14-16-32)20-21-7-3-2-4-8-21/h2-12,19H,13-18,20H2,1H3. The molecule has 39 heavy (non-hydrogen) atoms. The Balaban J connectivity index is 1.35. The van der Waals surface area contributed by atoms with E-state index >= 15 is 0 Å². The third kappa shape index (κ3) is 5.05. The number of hydrogen-bond donors (Lipinski definition) is 0. The lowest BCUT2D eigenvalue weighted by atomic mass is 10.2. The average molecular weight is 548 g/mol. The molecule has 4 aromatic rings. The molecule has 0 spiro atoms. The number of oxazole rings is 1. The molecule has 0 N–H and O–H groups in total. The minimum atomic E-state index is -4.06. The van der Waals surface area contributed by atoms with Crippen LogP contribution in [0.4, 0.5) is 5.88 Å². The van der Waals surface area contributed by atoms with Crippen molar-refractivity contribution in [2.24, 2.45) is 0 Å². The molecule has 0 saturated carbocycles. The second kappa shape index (κ2) is 10.6. The number of piperazine rings is 1. The van der Waals surface area contributed by atoms with Gasteiger partial charge in [0.25, 0.3) is 0 Å². The normalized spacial score (nSPS) is 15.8. The van der Waals surface area contributed by atoms with E-state index in [4.69, 9.17) is 18.6 Å². The van der Waals surface area contributed by atoms with Gasteiger partial charge in [-0.05, 0) is 29.8 Å². The van der Waals surface area contributed by atoms with Gasteiger partial charge < -0.3 is 23.5 Å². The maximum atomic E-state index is 14.0. The molecule has 6 rings (SSSR count). The van der Waals surface area contributed by atoms with E-state index < -0.39 is 9.84 Å². The van der Waals surface area contributed by atoms with E-state index in [2.05, 4.69) is 22.0 Å².